The van der Waals surface area contributed by atoms with E-state index in [0.717, 1.165) is 0 Å². The van der Waals surface area contributed by atoms with Gasteiger partial charge in [-0.3, -0.25) is 0 Å². The highest BCUT2D eigenvalue weighted by molar-refractivity contribution is 5.35. The summed E-state index contributed by atoms with van der Waals surface area (Å²) in [6, 6.07) is 9.54. The Morgan fingerprint density at radius 3 is 3.00 bits per heavy atom. The Balaban J connectivity index is 1.93. The Hall–Kier alpha value is -1.24. The van der Waals surface area contributed by atoms with Gasteiger partial charge in [-0.1, -0.05) is 30.3 Å². The van der Waals surface area contributed by atoms with E-state index < -0.39 is 0 Å². The first-order chi connectivity index (χ1) is 6.95. The van der Waals surface area contributed by atoms with E-state index in [2.05, 4.69) is 41.4 Å². The van der Waals surface area contributed by atoms with Gasteiger partial charge in [0.25, 0.3) is 0 Å². The molecule has 1 heteroatoms. The predicted octanol–water partition coefficient (Wildman–Crippen LogP) is 2.89. The standard InChI is InChI=1S/C13H15N/c1-2-6-12-11(5-1)7-8-13(12)14-9-3-4-10-14/h1-3,5-6,9,13H,4,7-8,10H2. The van der Waals surface area contributed by atoms with Crippen molar-refractivity contribution in [2.45, 2.75) is 25.3 Å². The summed E-state index contributed by atoms with van der Waals surface area (Å²) in [6.45, 7) is 1.21. The number of nitrogens with zero attached hydrogens (tertiary/aromatic N) is 1. The van der Waals surface area contributed by atoms with Crippen LogP contribution in [-0.2, 0) is 6.42 Å². The highest BCUT2D eigenvalue weighted by Crippen LogP contribution is 2.36. The van der Waals surface area contributed by atoms with Gasteiger partial charge in [0.05, 0.1) is 6.04 Å². The van der Waals surface area contributed by atoms with Crippen molar-refractivity contribution in [3.05, 3.63) is 47.7 Å². The van der Waals surface area contributed by atoms with E-state index in [1.165, 1.54) is 25.8 Å². The molecule has 0 amide bonds. The minimum atomic E-state index is 0.657. The summed E-state index contributed by atoms with van der Waals surface area (Å²) in [5.74, 6) is 0. The predicted molar refractivity (Wildman–Crippen MR) is 58.0 cm³/mol. The van der Waals surface area contributed by atoms with Crippen LogP contribution in [0.4, 0.5) is 0 Å². The third-order valence-corrected chi connectivity index (χ3v) is 3.35. The van der Waals surface area contributed by atoms with Gasteiger partial charge in [0, 0.05) is 6.54 Å². The second-order valence-electron chi connectivity index (χ2n) is 4.16. The zero-order valence-electron chi connectivity index (χ0n) is 8.32. The molecule has 72 valence electrons. The molecule has 0 saturated heterocycles. The van der Waals surface area contributed by atoms with Gasteiger partial charge in [0.2, 0.25) is 0 Å². The van der Waals surface area contributed by atoms with Crippen molar-refractivity contribution in [3.8, 4) is 0 Å². The largest absolute Gasteiger partial charge is 0.370 e. The molecular weight excluding hydrogens is 170 g/mol. The highest BCUT2D eigenvalue weighted by atomic mass is 15.1. The fourth-order valence-corrected chi connectivity index (χ4v) is 2.65. The van der Waals surface area contributed by atoms with Crippen LogP contribution in [0.1, 0.15) is 30.0 Å². The maximum absolute atomic E-state index is 2.49. The van der Waals surface area contributed by atoms with Gasteiger partial charge in [-0.2, -0.15) is 0 Å². The van der Waals surface area contributed by atoms with E-state index in [-0.39, 0.29) is 0 Å². The van der Waals surface area contributed by atoms with E-state index in [9.17, 15) is 0 Å². The van der Waals surface area contributed by atoms with Crippen molar-refractivity contribution in [3.63, 3.8) is 0 Å². The second kappa shape index (κ2) is 3.16. The quantitative estimate of drug-likeness (QED) is 0.650. The van der Waals surface area contributed by atoms with Crippen molar-refractivity contribution in [2.24, 2.45) is 0 Å². The Kier molecular flexibility index (Phi) is 1.83. The molecule has 1 aliphatic heterocycles. The van der Waals surface area contributed by atoms with Gasteiger partial charge in [-0.15, -0.1) is 0 Å². The van der Waals surface area contributed by atoms with Crippen molar-refractivity contribution in [1.82, 2.24) is 4.90 Å². The Morgan fingerprint density at radius 1 is 1.21 bits per heavy atom. The number of benzene rings is 1. The summed E-state index contributed by atoms with van der Waals surface area (Å²) in [5.41, 5.74) is 3.11. The fraction of sp³-hybridized carbons (Fsp3) is 0.385. The van der Waals surface area contributed by atoms with E-state index >= 15 is 0 Å². The lowest BCUT2D eigenvalue weighted by Gasteiger charge is -2.24. The molecule has 1 aromatic rings. The van der Waals surface area contributed by atoms with Crippen LogP contribution in [0.25, 0.3) is 0 Å². The Morgan fingerprint density at radius 2 is 2.14 bits per heavy atom. The lowest BCUT2D eigenvalue weighted by atomic mass is 10.1. The summed E-state index contributed by atoms with van der Waals surface area (Å²) < 4.78 is 0. The molecule has 0 N–H and O–H groups in total. The minimum Gasteiger partial charge on any atom is -0.370 e. The van der Waals surface area contributed by atoms with E-state index in [1.807, 2.05) is 0 Å². The van der Waals surface area contributed by atoms with E-state index in [4.69, 9.17) is 0 Å². The van der Waals surface area contributed by atoms with Gasteiger partial charge in [0.15, 0.2) is 0 Å². The first-order valence-electron chi connectivity index (χ1n) is 5.45. The summed E-state index contributed by atoms with van der Waals surface area (Å²) in [5, 5.41) is 0. The van der Waals surface area contributed by atoms with Gasteiger partial charge < -0.3 is 4.90 Å². The molecule has 0 bridgehead atoms. The SMILES string of the molecule is C1=CN(C2CCc3ccccc32)CC1. The molecule has 0 aromatic heterocycles. The highest BCUT2D eigenvalue weighted by Gasteiger charge is 2.26. The molecule has 3 rings (SSSR count). The van der Waals surface area contributed by atoms with E-state index in [1.54, 1.807) is 11.1 Å². The summed E-state index contributed by atoms with van der Waals surface area (Å²) in [7, 11) is 0. The minimum absolute atomic E-state index is 0.657. The van der Waals surface area contributed by atoms with Gasteiger partial charge in [-0.05, 0) is 36.6 Å². The zero-order valence-corrected chi connectivity index (χ0v) is 8.32. The second-order valence-corrected chi connectivity index (χ2v) is 4.16. The van der Waals surface area contributed by atoms with Crippen LogP contribution in [-0.4, -0.2) is 11.4 Å². The Labute approximate surface area is 85.0 Å². The molecule has 0 fully saturated rings. The molecule has 2 aliphatic rings. The lowest BCUT2D eigenvalue weighted by molar-refractivity contribution is 0.301. The van der Waals surface area contributed by atoms with Crippen LogP contribution in [0.2, 0.25) is 0 Å². The lowest BCUT2D eigenvalue weighted by Crippen LogP contribution is -2.19. The Bertz CT molecular complexity index is 367. The molecule has 1 atom stereocenters. The molecule has 1 aliphatic carbocycles. The molecule has 1 unspecified atom stereocenters. The van der Waals surface area contributed by atoms with Crippen LogP contribution in [0.5, 0.6) is 0 Å². The first-order valence-corrected chi connectivity index (χ1v) is 5.45. The van der Waals surface area contributed by atoms with Crippen molar-refractivity contribution in [1.29, 1.82) is 0 Å². The molecule has 0 saturated carbocycles. The molecule has 1 heterocycles. The average molecular weight is 185 g/mol. The maximum atomic E-state index is 2.49. The topological polar surface area (TPSA) is 3.24 Å². The molecule has 0 spiro atoms. The van der Waals surface area contributed by atoms with Crippen LogP contribution < -0.4 is 0 Å². The van der Waals surface area contributed by atoms with Gasteiger partial charge in [0.1, 0.15) is 0 Å². The summed E-state index contributed by atoms with van der Waals surface area (Å²) >= 11 is 0. The van der Waals surface area contributed by atoms with Crippen molar-refractivity contribution >= 4 is 0 Å². The van der Waals surface area contributed by atoms with Crippen LogP contribution >= 0.6 is 0 Å². The monoisotopic (exact) mass is 185 g/mol. The smallest absolute Gasteiger partial charge is 0.0542 e. The maximum Gasteiger partial charge on any atom is 0.0542 e. The summed E-state index contributed by atoms with van der Waals surface area (Å²) in [6.07, 6.45) is 8.32. The van der Waals surface area contributed by atoms with Crippen LogP contribution in [0.3, 0.4) is 0 Å². The van der Waals surface area contributed by atoms with Crippen molar-refractivity contribution in [2.75, 3.05) is 6.54 Å². The fourth-order valence-electron chi connectivity index (χ4n) is 2.65. The number of aryl methyl sites for hydroxylation is 1. The normalized spacial score (nSPS) is 24.3. The number of hydrogen-bond acceptors (Lipinski definition) is 1. The molecule has 1 aromatic carbocycles. The number of hydrogen-bond donors (Lipinski definition) is 0. The molecule has 0 radical (unpaired) electrons. The van der Waals surface area contributed by atoms with E-state index in [0.29, 0.717) is 6.04 Å². The summed E-state index contributed by atoms with van der Waals surface area (Å²) in [4.78, 5) is 2.49. The third kappa shape index (κ3) is 1.16. The van der Waals surface area contributed by atoms with Crippen LogP contribution in [0.15, 0.2) is 36.5 Å². The molecular formula is C13H15N. The number of rotatable bonds is 1. The van der Waals surface area contributed by atoms with Crippen LogP contribution in [0, 0.1) is 0 Å². The zero-order chi connectivity index (χ0) is 9.38. The molecule has 1 nitrogen and oxygen atoms in total. The number of fused-ring (bicyclic) bond motifs is 1. The van der Waals surface area contributed by atoms with Gasteiger partial charge in [-0.25, -0.2) is 0 Å². The van der Waals surface area contributed by atoms with Gasteiger partial charge >= 0.3 is 0 Å². The van der Waals surface area contributed by atoms with Crippen molar-refractivity contribution < 1.29 is 0 Å². The molecule has 14 heavy (non-hydrogen) atoms. The first kappa shape index (κ1) is 8.10. The third-order valence-electron chi connectivity index (χ3n) is 3.35. The average Bonchev–Trinajstić information content (AvgIpc) is 2.85.